The van der Waals surface area contributed by atoms with Gasteiger partial charge in [0.25, 0.3) is 0 Å². The van der Waals surface area contributed by atoms with E-state index in [2.05, 4.69) is 18.0 Å². The van der Waals surface area contributed by atoms with Crippen LogP contribution in [0.5, 0.6) is 0 Å². The Morgan fingerprint density at radius 3 is 2.71 bits per heavy atom. The van der Waals surface area contributed by atoms with Crippen molar-refractivity contribution >= 4 is 17.2 Å². The Kier molecular flexibility index (Phi) is 5.72. The summed E-state index contributed by atoms with van der Waals surface area (Å²) in [5, 5.41) is 14.8. The quantitative estimate of drug-likeness (QED) is 0.769. The molecule has 0 saturated carbocycles. The highest BCUT2D eigenvalue weighted by Gasteiger charge is 2.09. The molecule has 3 nitrogen and oxygen atoms in total. The number of carbonyl (C=O) groups is 1. The molecule has 2 N–H and O–H groups in total. The van der Waals surface area contributed by atoms with Gasteiger partial charge in [0.05, 0.1) is 6.10 Å². The molecule has 2 rings (SSSR count). The van der Waals surface area contributed by atoms with E-state index in [0.29, 0.717) is 12.8 Å². The predicted molar refractivity (Wildman–Crippen MR) is 87.2 cm³/mol. The summed E-state index contributed by atoms with van der Waals surface area (Å²) in [4.78, 5) is 12.7. The second-order valence-corrected chi connectivity index (χ2v) is 5.69. The van der Waals surface area contributed by atoms with Gasteiger partial charge in [-0.2, -0.15) is 0 Å². The van der Waals surface area contributed by atoms with Crippen LogP contribution in [0, 0.1) is 0 Å². The predicted octanol–water partition coefficient (Wildman–Crippen LogP) is 3.53. The van der Waals surface area contributed by atoms with Gasteiger partial charge in [-0.05, 0) is 29.0 Å². The van der Waals surface area contributed by atoms with E-state index in [-0.39, 0.29) is 12.5 Å². The number of rotatable bonds is 7. The number of hydrogen-bond donors (Lipinski definition) is 2. The topological polar surface area (TPSA) is 49.3 Å². The number of aliphatic hydroxyl groups excluding tert-OH is 1. The first kappa shape index (κ1) is 15.5. The van der Waals surface area contributed by atoms with Crippen LogP contribution in [-0.4, -0.2) is 17.6 Å². The fraction of sp³-hybridized carbons (Fsp3) is 0.235. The normalized spacial score (nSPS) is 11.9. The van der Waals surface area contributed by atoms with Gasteiger partial charge in [0, 0.05) is 17.8 Å². The smallest absolute Gasteiger partial charge is 0.220 e. The second-order valence-electron chi connectivity index (χ2n) is 4.75. The van der Waals surface area contributed by atoms with Gasteiger partial charge in [-0.25, -0.2) is 0 Å². The van der Waals surface area contributed by atoms with E-state index < -0.39 is 6.10 Å². The number of carbonyl (C=O) groups excluding carboxylic acids is 1. The summed E-state index contributed by atoms with van der Waals surface area (Å²) in [6.45, 7) is 3.81. The van der Waals surface area contributed by atoms with E-state index in [0.717, 1.165) is 11.1 Å². The molecule has 1 aromatic carbocycles. The number of hydrogen-bond acceptors (Lipinski definition) is 3. The lowest BCUT2D eigenvalue weighted by molar-refractivity contribution is -0.121. The van der Waals surface area contributed by atoms with Crippen LogP contribution >= 0.6 is 11.3 Å². The van der Waals surface area contributed by atoms with Crippen molar-refractivity contribution in [2.45, 2.75) is 18.9 Å². The van der Waals surface area contributed by atoms with Gasteiger partial charge in [-0.3, -0.25) is 4.79 Å². The highest BCUT2D eigenvalue weighted by atomic mass is 32.1. The molecule has 0 aliphatic rings. The van der Waals surface area contributed by atoms with E-state index in [1.54, 1.807) is 17.4 Å². The fourth-order valence-electron chi connectivity index (χ4n) is 1.96. The van der Waals surface area contributed by atoms with Crippen LogP contribution in [-0.2, 0) is 4.79 Å². The van der Waals surface area contributed by atoms with Gasteiger partial charge >= 0.3 is 0 Å². The Morgan fingerprint density at radius 2 is 2.10 bits per heavy atom. The lowest BCUT2D eigenvalue weighted by Gasteiger charge is -2.12. The Morgan fingerprint density at radius 1 is 1.33 bits per heavy atom. The average Bonchev–Trinajstić information content (AvgIpc) is 3.05. The van der Waals surface area contributed by atoms with Crippen molar-refractivity contribution < 1.29 is 9.90 Å². The van der Waals surface area contributed by atoms with Gasteiger partial charge in [-0.15, -0.1) is 17.9 Å². The van der Waals surface area contributed by atoms with E-state index in [1.807, 2.05) is 35.7 Å². The largest absolute Gasteiger partial charge is 0.387 e. The maximum Gasteiger partial charge on any atom is 0.220 e. The minimum atomic E-state index is -0.685. The third-order valence-corrected chi connectivity index (χ3v) is 4.09. The molecule has 1 aromatic heterocycles. The minimum absolute atomic E-state index is 0.0656. The van der Waals surface area contributed by atoms with Crippen LogP contribution in [0.3, 0.4) is 0 Å². The highest BCUT2D eigenvalue weighted by Crippen LogP contribution is 2.25. The highest BCUT2D eigenvalue weighted by molar-refractivity contribution is 7.13. The second kappa shape index (κ2) is 7.76. The molecule has 1 heterocycles. The van der Waals surface area contributed by atoms with Crippen molar-refractivity contribution in [2.24, 2.45) is 0 Å². The Balaban J connectivity index is 1.89. The van der Waals surface area contributed by atoms with Gasteiger partial charge in [0.15, 0.2) is 0 Å². The molecular weight excluding hydrogens is 282 g/mol. The van der Waals surface area contributed by atoms with E-state index in [9.17, 15) is 9.90 Å². The zero-order chi connectivity index (χ0) is 15.1. The van der Waals surface area contributed by atoms with E-state index >= 15 is 0 Å². The lowest BCUT2D eigenvalue weighted by atomic mass is 10.1. The number of thiophene rings is 1. The molecule has 110 valence electrons. The van der Waals surface area contributed by atoms with Crippen molar-refractivity contribution in [1.29, 1.82) is 0 Å². The summed E-state index contributed by atoms with van der Waals surface area (Å²) in [6.07, 6.45) is 2.08. The van der Waals surface area contributed by atoms with Crippen LogP contribution in [0.4, 0.5) is 0 Å². The van der Waals surface area contributed by atoms with Crippen molar-refractivity contribution in [2.75, 3.05) is 6.54 Å². The van der Waals surface area contributed by atoms with Crippen molar-refractivity contribution in [3.05, 3.63) is 60.0 Å². The number of aliphatic hydroxyl groups is 1. The monoisotopic (exact) mass is 301 g/mol. The maximum atomic E-state index is 11.5. The molecule has 0 aliphatic carbocycles. The lowest BCUT2D eigenvalue weighted by Crippen LogP contribution is -2.27. The van der Waals surface area contributed by atoms with Crippen LogP contribution in [0.1, 0.15) is 24.5 Å². The van der Waals surface area contributed by atoms with Crippen LogP contribution in [0.2, 0.25) is 0 Å². The van der Waals surface area contributed by atoms with Crippen molar-refractivity contribution in [3.8, 4) is 10.4 Å². The van der Waals surface area contributed by atoms with E-state index in [1.165, 1.54) is 4.88 Å². The molecule has 0 spiro atoms. The van der Waals surface area contributed by atoms with Crippen LogP contribution in [0.25, 0.3) is 10.4 Å². The SMILES string of the molecule is C=CCCC(=O)NCC(O)c1ccc(-c2cccs2)cc1. The van der Waals surface area contributed by atoms with Crippen LogP contribution < -0.4 is 5.32 Å². The number of amides is 1. The van der Waals surface area contributed by atoms with Gasteiger partial charge in [0.2, 0.25) is 5.91 Å². The van der Waals surface area contributed by atoms with Crippen molar-refractivity contribution in [3.63, 3.8) is 0 Å². The third-order valence-electron chi connectivity index (χ3n) is 3.17. The summed E-state index contributed by atoms with van der Waals surface area (Å²) in [5.41, 5.74) is 1.94. The summed E-state index contributed by atoms with van der Waals surface area (Å²) >= 11 is 1.68. The third kappa shape index (κ3) is 4.55. The zero-order valence-corrected chi connectivity index (χ0v) is 12.6. The Bertz CT molecular complexity index is 575. The standard InChI is InChI=1S/C17H19NO2S/c1-2-3-6-17(20)18-12-15(19)13-7-9-14(10-8-13)16-5-4-11-21-16/h2,4-5,7-11,15,19H,1,3,6,12H2,(H,18,20). The van der Waals surface area contributed by atoms with Gasteiger partial charge in [-0.1, -0.05) is 36.4 Å². The molecule has 0 fully saturated rings. The fourth-order valence-corrected chi connectivity index (χ4v) is 2.70. The van der Waals surface area contributed by atoms with Crippen molar-refractivity contribution in [1.82, 2.24) is 5.32 Å². The molecule has 1 unspecified atom stereocenters. The summed E-state index contributed by atoms with van der Waals surface area (Å²) in [5.74, 6) is -0.0656. The molecule has 0 aliphatic heterocycles. The minimum Gasteiger partial charge on any atom is -0.387 e. The number of benzene rings is 1. The number of allylic oxidation sites excluding steroid dienone is 1. The summed E-state index contributed by atoms with van der Waals surface area (Å²) in [6, 6.07) is 11.9. The molecule has 4 heteroatoms. The Labute approximate surface area is 128 Å². The molecular formula is C17H19NO2S. The molecule has 0 bridgehead atoms. The summed E-state index contributed by atoms with van der Waals surface area (Å²) in [7, 11) is 0. The Hall–Kier alpha value is -1.91. The molecule has 0 saturated heterocycles. The zero-order valence-electron chi connectivity index (χ0n) is 11.8. The molecule has 1 amide bonds. The first-order valence-corrected chi connectivity index (χ1v) is 7.78. The first-order chi connectivity index (χ1) is 10.2. The maximum absolute atomic E-state index is 11.5. The summed E-state index contributed by atoms with van der Waals surface area (Å²) < 4.78 is 0. The molecule has 2 aromatic rings. The van der Waals surface area contributed by atoms with Gasteiger partial charge in [0.1, 0.15) is 0 Å². The van der Waals surface area contributed by atoms with E-state index in [4.69, 9.17) is 0 Å². The molecule has 1 atom stereocenters. The first-order valence-electron chi connectivity index (χ1n) is 6.90. The molecule has 0 radical (unpaired) electrons. The van der Waals surface area contributed by atoms with Gasteiger partial charge < -0.3 is 10.4 Å². The average molecular weight is 301 g/mol. The van der Waals surface area contributed by atoms with Crippen LogP contribution in [0.15, 0.2) is 54.4 Å². The number of nitrogens with one attached hydrogen (secondary N) is 1. The molecule has 21 heavy (non-hydrogen) atoms.